The molecule has 0 radical (unpaired) electrons. The van der Waals surface area contributed by atoms with Gasteiger partial charge in [0.15, 0.2) is 0 Å². The molecule has 1 aromatic rings. The minimum absolute atomic E-state index is 0.531. The average molecular weight is 232 g/mol. The van der Waals surface area contributed by atoms with E-state index in [1.54, 1.807) is 0 Å². The summed E-state index contributed by atoms with van der Waals surface area (Å²) in [7, 11) is 0. The lowest BCUT2D eigenvalue weighted by Crippen LogP contribution is -2.29. The predicted molar refractivity (Wildman–Crippen MR) is 73.9 cm³/mol. The summed E-state index contributed by atoms with van der Waals surface area (Å²) in [5, 5.41) is 3.59. The molecule has 0 aromatic heterocycles. The van der Waals surface area contributed by atoms with Crippen LogP contribution in [0, 0.1) is 12.3 Å². The number of aryl methyl sites for hydroxylation is 1. The molecule has 0 spiro atoms. The molecule has 1 aliphatic carbocycles. The van der Waals surface area contributed by atoms with Crippen LogP contribution in [0.2, 0.25) is 0 Å². The lowest BCUT2D eigenvalue weighted by atomic mass is 9.89. The minimum atomic E-state index is 0.531. The molecule has 2 rings (SSSR count). The average Bonchev–Trinajstić information content (AvgIpc) is 2.71. The highest BCUT2D eigenvalue weighted by molar-refractivity contribution is 5.47. The first kappa shape index (κ1) is 12.4. The van der Waals surface area contributed by atoms with Crippen molar-refractivity contribution in [3.8, 4) is 0 Å². The van der Waals surface area contributed by atoms with E-state index in [9.17, 15) is 0 Å². The van der Waals surface area contributed by atoms with Gasteiger partial charge in [0.2, 0.25) is 0 Å². The van der Waals surface area contributed by atoms with Crippen LogP contribution in [-0.2, 0) is 6.54 Å². The second kappa shape index (κ2) is 5.09. The Morgan fingerprint density at radius 1 is 1.29 bits per heavy atom. The van der Waals surface area contributed by atoms with E-state index in [0.29, 0.717) is 5.41 Å². The normalized spacial score (nSPS) is 18.5. The van der Waals surface area contributed by atoms with Crippen molar-refractivity contribution < 1.29 is 0 Å². The summed E-state index contributed by atoms with van der Waals surface area (Å²) in [6.07, 6.45) is 5.56. The van der Waals surface area contributed by atoms with Gasteiger partial charge in [0.1, 0.15) is 0 Å². The Morgan fingerprint density at radius 3 is 2.65 bits per heavy atom. The molecular formula is C15H24N2. The van der Waals surface area contributed by atoms with Gasteiger partial charge in [0.25, 0.3) is 0 Å². The smallest absolute Gasteiger partial charge is 0.0343 e. The number of nitrogen functional groups attached to an aromatic ring is 1. The summed E-state index contributed by atoms with van der Waals surface area (Å²) in [6.45, 7) is 6.56. The first-order valence-corrected chi connectivity index (χ1v) is 6.65. The van der Waals surface area contributed by atoms with Crippen LogP contribution in [0.1, 0.15) is 43.7 Å². The van der Waals surface area contributed by atoms with Crippen molar-refractivity contribution in [2.45, 2.75) is 46.1 Å². The molecule has 17 heavy (non-hydrogen) atoms. The van der Waals surface area contributed by atoms with Crippen molar-refractivity contribution >= 4 is 5.69 Å². The van der Waals surface area contributed by atoms with E-state index < -0.39 is 0 Å². The van der Waals surface area contributed by atoms with Gasteiger partial charge >= 0.3 is 0 Å². The molecule has 3 N–H and O–H groups in total. The van der Waals surface area contributed by atoms with E-state index in [0.717, 1.165) is 18.8 Å². The first-order chi connectivity index (χ1) is 8.09. The Kier molecular flexibility index (Phi) is 3.72. The molecule has 0 heterocycles. The molecular weight excluding hydrogens is 208 g/mol. The van der Waals surface area contributed by atoms with Crippen LogP contribution in [0.25, 0.3) is 0 Å². The molecule has 1 saturated carbocycles. The van der Waals surface area contributed by atoms with Gasteiger partial charge in [-0.05, 0) is 42.4 Å². The SMILES string of the molecule is Cc1cc(CNCC2(C)CCCC2)ccc1N. The van der Waals surface area contributed by atoms with Gasteiger partial charge < -0.3 is 11.1 Å². The number of hydrogen-bond donors (Lipinski definition) is 2. The van der Waals surface area contributed by atoms with Crippen LogP contribution >= 0.6 is 0 Å². The quantitative estimate of drug-likeness (QED) is 0.782. The summed E-state index contributed by atoms with van der Waals surface area (Å²) < 4.78 is 0. The number of anilines is 1. The lowest BCUT2D eigenvalue weighted by Gasteiger charge is -2.23. The van der Waals surface area contributed by atoms with E-state index in [1.165, 1.54) is 36.8 Å². The highest BCUT2D eigenvalue weighted by Gasteiger charge is 2.27. The van der Waals surface area contributed by atoms with Gasteiger partial charge in [-0.25, -0.2) is 0 Å². The summed E-state index contributed by atoms with van der Waals surface area (Å²) in [5.41, 5.74) is 9.74. The van der Waals surface area contributed by atoms with Gasteiger partial charge in [-0.3, -0.25) is 0 Å². The maximum Gasteiger partial charge on any atom is 0.0343 e. The second-order valence-corrected chi connectivity index (χ2v) is 5.81. The molecule has 0 aliphatic heterocycles. The fraction of sp³-hybridized carbons (Fsp3) is 0.600. The van der Waals surface area contributed by atoms with Crippen LogP contribution in [0.15, 0.2) is 18.2 Å². The maximum absolute atomic E-state index is 5.82. The Hall–Kier alpha value is -1.02. The third-order valence-electron chi connectivity index (χ3n) is 4.03. The van der Waals surface area contributed by atoms with Gasteiger partial charge in [-0.1, -0.05) is 31.9 Å². The summed E-state index contributed by atoms with van der Waals surface area (Å²) in [6, 6.07) is 6.30. The zero-order chi connectivity index (χ0) is 12.3. The van der Waals surface area contributed by atoms with E-state index in [-0.39, 0.29) is 0 Å². The first-order valence-electron chi connectivity index (χ1n) is 6.65. The molecule has 0 unspecified atom stereocenters. The summed E-state index contributed by atoms with van der Waals surface area (Å²) >= 11 is 0. The van der Waals surface area contributed by atoms with E-state index >= 15 is 0 Å². The summed E-state index contributed by atoms with van der Waals surface area (Å²) in [5.74, 6) is 0. The van der Waals surface area contributed by atoms with Crippen molar-refractivity contribution in [1.82, 2.24) is 5.32 Å². The predicted octanol–water partition coefficient (Wildman–Crippen LogP) is 3.25. The molecule has 1 aliphatic rings. The van der Waals surface area contributed by atoms with Gasteiger partial charge in [-0.2, -0.15) is 0 Å². The van der Waals surface area contributed by atoms with Crippen molar-refractivity contribution in [2.75, 3.05) is 12.3 Å². The van der Waals surface area contributed by atoms with Crippen molar-refractivity contribution in [3.05, 3.63) is 29.3 Å². The van der Waals surface area contributed by atoms with Crippen LogP contribution in [0.5, 0.6) is 0 Å². The van der Waals surface area contributed by atoms with Crippen LogP contribution in [0.3, 0.4) is 0 Å². The van der Waals surface area contributed by atoms with Crippen molar-refractivity contribution in [3.63, 3.8) is 0 Å². The Morgan fingerprint density at radius 2 is 2.00 bits per heavy atom. The topological polar surface area (TPSA) is 38.0 Å². The fourth-order valence-corrected chi connectivity index (χ4v) is 2.76. The minimum Gasteiger partial charge on any atom is -0.399 e. The Labute approximate surface area is 105 Å². The molecule has 94 valence electrons. The molecule has 0 saturated heterocycles. The van der Waals surface area contributed by atoms with E-state index in [4.69, 9.17) is 5.73 Å². The third kappa shape index (κ3) is 3.22. The molecule has 1 fully saturated rings. The molecule has 2 heteroatoms. The Balaban J connectivity index is 1.83. The molecule has 2 nitrogen and oxygen atoms in total. The largest absolute Gasteiger partial charge is 0.399 e. The monoisotopic (exact) mass is 232 g/mol. The zero-order valence-electron chi connectivity index (χ0n) is 11.1. The van der Waals surface area contributed by atoms with E-state index in [1.807, 2.05) is 6.07 Å². The fourth-order valence-electron chi connectivity index (χ4n) is 2.76. The highest BCUT2D eigenvalue weighted by atomic mass is 14.9. The Bertz CT molecular complexity index is 379. The highest BCUT2D eigenvalue weighted by Crippen LogP contribution is 2.36. The van der Waals surface area contributed by atoms with Gasteiger partial charge in [0.05, 0.1) is 0 Å². The number of nitrogens with two attached hydrogens (primary N) is 1. The molecule has 0 atom stereocenters. The molecule has 1 aromatic carbocycles. The number of benzene rings is 1. The molecule has 0 amide bonds. The maximum atomic E-state index is 5.82. The number of hydrogen-bond acceptors (Lipinski definition) is 2. The lowest BCUT2D eigenvalue weighted by molar-refractivity contribution is 0.314. The van der Waals surface area contributed by atoms with Crippen LogP contribution < -0.4 is 11.1 Å². The third-order valence-corrected chi connectivity index (χ3v) is 4.03. The standard InChI is InChI=1S/C15H24N2/c1-12-9-13(5-6-14(12)16)10-17-11-15(2)7-3-4-8-15/h5-6,9,17H,3-4,7-8,10-11,16H2,1-2H3. The van der Waals surface area contributed by atoms with Crippen molar-refractivity contribution in [1.29, 1.82) is 0 Å². The van der Waals surface area contributed by atoms with Crippen molar-refractivity contribution in [2.24, 2.45) is 5.41 Å². The van der Waals surface area contributed by atoms with E-state index in [2.05, 4.69) is 31.3 Å². The second-order valence-electron chi connectivity index (χ2n) is 5.81. The van der Waals surface area contributed by atoms with Gasteiger partial charge in [-0.15, -0.1) is 0 Å². The number of rotatable bonds is 4. The molecule has 0 bridgehead atoms. The summed E-state index contributed by atoms with van der Waals surface area (Å²) in [4.78, 5) is 0. The number of nitrogens with one attached hydrogen (secondary N) is 1. The van der Waals surface area contributed by atoms with Crippen LogP contribution in [-0.4, -0.2) is 6.54 Å². The van der Waals surface area contributed by atoms with Gasteiger partial charge in [0, 0.05) is 18.8 Å². The van der Waals surface area contributed by atoms with Crippen LogP contribution in [0.4, 0.5) is 5.69 Å². The zero-order valence-corrected chi connectivity index (χ0v) is 11.1.